The van der Waals surface area contributed by atoms with Crippen LogP contribution in [0.25, 0.3) is 0 Å². The van der Waals surface area contributed by atoms with Gasteiger partial charge in [-0.3, -0.25) is 9.88 Å². The molecule has 0 aliphatic carbocycles. The van der Waals surface area contributed by atoms with Crippen molar-refractivity contribution in [3.63, 3.8) is 0 Å². The molecule has 0 radical (unpaired) electrons. The van der Waals surface area contributed by atoms with E-state index < -0.39 is 0 Å². The summed E-state index contributed by atoms with van der Waals surface area (Å²) >= 11 is 0. The first-order valence-corrected chi connectivity index (χ1v) is 6.04. The number of nitrogens with zero attached hydrogens (tertiary/aromatic N) is 2. The van der Waals surface area contributed by atoms with Crippen LogP contribution >= 0.6 is 12.4 Å². The van der Waals surface area contributed by atoms with Gasteiger partial charge in [-0.15, -0.1) is 12.4 Å². The maximum atomic E-state index is 5.94. The van der Waals surface area contributed by atoms with Crippen molar-refractivity contribution in [2.24, 2.45) is 11.7 Å². The van der Waals surface area contributed by atoms with Gasteiger partial charge in [-0.25, -0.2) is 0 Å². The minimum Gasteiger partial charge on any atom is -0.328 e. The standard InChI is InChI=1S/C13H21N3.ClH/c1-10-3-5-15-7-13(10)9-16-6-4-12(8-16)11(2)14;/h3,5,7,11-12H,4,6,8-9,14H2,1-2H3;1H. The number of rotatable bonds is 3. The lowest BCUT2D eigenvalue weighted by molar-refractivity contribution is 0.307. The largest absolute Gasteiger partial charge is 0.328 e. The Kier molecular flexibility index (Phi) is 5.37. The Morgan fingerprint density at radius 2 is 2.35 bits per heavy atom. The van der Waals surface area contributed by atoms with Crippen molar-refractivity contribution in [2.75, 3.05) is 13.1 Å². The number of aryl methyl sites for hydroxylation is 1. The average Bonchev–Trinajstić information content (AvgIpc) is 2.70. The molecule has 2 rings (SSSR count). The summed E-state index contributed by atoms with van der Waals surface area (Å²) < 4.78 is 0. The zero-order valence-corrected chi connectivity index (χ0v) is 11.4. The zero-order valence-electron chi connectivity index (χ0n) is 10.6. The lowest BCUT2D eigenvalue weighted by Crippen LogP contribution is -2.29. The molecule has 96 valence electrons. The Hall–Kier alpha value is -0.640. The fraction of sp³-hybridized carbons (Fsp3) is 0.615. The summed E-state index contributed by atoms with van der Waals surface area (Å²) in [6.45, 7) is 7.58. The van der Waals surface area contributed by atoms with E-state index in [4.69, 9.17) is 5.73 Å². The number of aromatic nitrogens is 1. The lowest BCUT2D eigenvalue weighted by atomic mass is 10.0. The van der Waals surface area contributed by atoms with Crippen LogP contribution in [0.2, 0.25) is 0 Å². The van der Waals surface area contributed by atoms with Crippen molar-refractivity contribution in [1.29, 1.82) is 0 Å². The van der Waals surface area contributed by atoms with Gasteiger partial charge in [0.05, 0.1) is 0 Å². The van der Waals surface area contributed by atoms with E-state index in [9.17, 15) is 0 Å². The summed E-state index contributed by atoms with van der Waals surface area (Å²) in [5, 5.41) is 0. The Morgan fingerprint density at radius 1 is 1.59 bits per heavy atom. The minimum absolute atomic E-state index is 0. The van der Waals surface area contributed by atoms with E-state index in [1.165, 1.54) is 24.1 Å². The van der Waals surface area contributed by atoms with E-state index in [1.54, 1.807) is 0 Å². The molecule has 2 N–H and O–H groups in total. The molecule has 1 aromatic rings. The molecule has 0 bridgehead atoms. The molecule has 4 heteroatoms. The second-order valence-corrected chi connectivity index (χ2v) is 4.95. The molecule has 2 atom stereocenters. The third-order valence-corrected chi connectivity index (χ3v) is 3.59. The first-order valence-electron chi connectivity index (χ1n) is 6.04. The number of hydrogen-bond acceptors (Lipinski definition) is 3. The fourth-order valence-electron chi connectivity index (χ4n) is 2.34. The van der Waals surface area contributed by atoms with Crippen molar-refractivity contribution < 1.29 is 0 Å². The quantitative estimate of drug-likeness (QED) is 0.898. The summed E-state index contributed by atoms with van der Waals surface area (Å²) in [5.74, 6) is 0.664. The van der Waals surface area contributed by atoms with Crippen LogP contribution in [-0.2, 0) is 6.54 Å². The van der Waals surface area contributed by atoms with E-state index in [2.05, 4.69) is 29.8 Å². The number of halogens is 1. The van der Waals surface area contributed by atoms with E-state index in [1.807, 2.05) is 12.4 Å². The molecule has 1 aromatic heterocycles. The monoisotopic (exact) mass is 255 g/mol. The number of nitrogens with two attached hydrogens (primary N) is 1. The molecule has 2 unspecified atom stereocenters. The van der Waals surface area contributed by atoms with Gasteiger partial charge in [0.2, 0.25) is 0 Å². The Morgan fingerprint density at radius 3 is 2.94 bits per heavy atom. The van der Waals surface area contributed by atoms with Gasteiger partial charge in [0.15, 0.2) is 0 Å². The summed E-state index contributed by atoms with van der Waals surface area (Å²) in [6, 6.07) is 2.40. The second-order valence-electron chi connectivity index (χ2n) is 4.95. The first kappa shape index (κ1) is 14.4. The minimum atomic E-state index is 0. The molecule has 0 aromatic carbocycles. The topological polar surface area (TPSA) is 42.2 Å². The number of pyridine rings is 1. The number of likely N-dealkylation sites (tertiary alicyclic amines) is 1. The van der Waals surface area contributed by atoms with Crippen molar-refractivity contribution >= 4 is 12.4 Å². The normalized spacial score (nSPS) is 22.2. The first-order chi connectivity index (χ1) is 7.66. The number of hydrogen-bond donors (Lipinski definition) is 1. The maximum Gasteiger partial charge on any atom is 0.0315 e. The van der Waals surface area contributed by atoms with Gasteiger partial charge in [0, 0.05) is 31.5 Å². The van der Waals surface area contributed by atoms with Crippen molar-refractivity contribution in [3.05, 3.63) is 29.6 Å². The molecular formula is C13H22ClN3. The predicted octanol–water partition coefficient (Wildman–Crippen LogP) is 1.98. The van der Waals surface area contributed by atoms with Crippen molar-refractivity contribution in [1.82, 2.24) is 9.88 Å². The third kappa shape index (κ3) is 3.66. The molecule has 1 fully saturated rings. The van der Waals surface area contributed by atoms with Gasteiger partial charge < -0.3 is 5.73 Å². The van der Waals surface area contributed by atoms with E-state index in [-0.39, 0.29) is 12.4 Å². The van der Waals surface area contributed by atoms with Crippen LogP contribution in [0.3, 0.4) is 0 Å². The van der Waals surface area contributed by atoms with Gasteiger partial charge in [0.25, 0.3) is 0 Å². The molecule has 0 saturated carbocycles. The Bertz CT molecular complexity index is 354. The van der Waals surface area contributed by atoms with Crippen molar-refractivity contribution in [3.8, 4) is 0 Å². The van der Waals surface area contributed by atoms with Crippen LogP contribution in [0, 0.1) is 12.8 Å². The van der Waals surface area contributed by atoms with Crippen LogP contribution in [0.15, 0.2) is 18.5 Å². The van der Waals surface area contributed by atoms with E-state index >= 15 is 0 Å². The maximum absolute atomic E-state index is 5.94. The highest BCUT2D eigenvalue weighted by atomic mass is 35.5. The van der Waals surface area contributed by atoms with Crippen LogP contribution in [0.4, 0.5) is 0 Å². The highest BCUT2D eigenvalue weighted by molar-refractivity contribution is 5.85. The van der Waals surface area contributed by atoms with Crippen LogP contribution < -0.4 is 5.73 Å². The van der Waals surface area contributed by atoms with E-state index in [0.29, 0.717) is 12.0 Å². The van der Waals surface area contributed by atoms with Crippen LogP contribution in [0.5, 0.6) is 0 Å². The zero-order chi connectivity index (χ0) is 11.5. The Balaban J connectivity index is 0.00000144. The Labute approximate surface area is 110 Å². The molecular weight excluding hydrogens is 234 g/mol. The SMILES string of the molecule is Cc1ccncc1CN1CCC(C(C)N)C1.Cl. The summed E-state index contributed by atoms with van der Waals surface area (Å²) in [4.78, 5) is 6.67. The second kappa shape index (κ2) is 6.34. The van der Waals surface area contributed by atoms with Gasteiger partial charge in [-0.1, -0.05) is 0 Å². The molecule has 17 heavy (non-hydrogen) atoms. The van der Waals surface area contributed by atoms with Gasteiger partial charge >= 0.3 is 0 Å². The van der Waals surface area contributed by atoms with Gasteiger partial charge in [-0.05, 0) is 49.9 Å². The highest BCUT2D eigenvalue weighted by Gasteiger charge is 2.25. The molecule has 1 aliphatic rings. The van der Waals surface area contributed by atoms with E-state index in [0.717, 1.165) is 13.1 Å². The molecule has 0 spiro atoms. The predicted molar refractivity (Wildman–Crippen MR) is 73.3 cm³/mol. The van der Waals surface area contributed by atoms with Crippen LogP contribution in [-0.4, -0.2) is 29.0 Å². The average molecular weight is 256 g/mol. The smallest absolute Gasteiger partial charge is 0.0315 e. The van der Waals surface area contributed by atoms with Crippen LogP contribution in [0.1, 0.15) is 24.5 Å². The molecule has 2 heterocycles. The van der Waals surface area contributed by atoms with Gasteiger partial charge in [-0.2, -0.15) is 0 Å². The van der Waals surface area contributed by atoms with Crippen molar-refractivity contribution in [2.45, 2.75) is 32.9 Å². The summed E-state index contributed by atoms with van der Waals surface area (Å²) in [5.41, 5.74) is 8.62. The summed E-state index contributed by atoms with van der Waals surface area (Å²) in [6.07, 6.45) is 5.07. The molecule has 0 amide bonds. The lowest BCUT2D eigenvalue weighted by Gasteiger charge is -2.18. The third-order valence-electron chi connectivity index (χ3n) is 3.59. The highest BCUT2D eigenvalue weighted by Crippen LogP contribution is 2.21. The van der Waals surface area contributed by atoms with Gasteiger partial charge in [0.1, 0.15) is 0 Å². The summed E-state index contributed by atoms with van der Waals surface area (Å²) in [7, 11) is 0. The molecule has 1 saturated heterocycles. The fourth-order valence-corrected chi connectivity index (χ4v) is 2.34. The molecule has 3 nitrogen and oxygen atoms in total. The molecule has 1 aliphatic heterocycles.